The van der Waals surface area contributed by atoms with Gasteiger partial charge in [0.2, 0.25) is 0 Å². The van der Waals surface area contributed by atoms with Crippen LogP contribution in [0.5, 0.6) is 5.75 Å². The molecule has 2 N–H and O–H groups in total. The number of hydrogen-bond donors (Lipinski definition) is 2. The molecule has 0 unspecified atom stereocenters. The van der Waals surface area contributed by atoms with Gasteiger partial charge in [0.15, 0.2) is 0 Å². The Bertz CT molecular complexity index is 712. The molecule has 1 atom stereocenters. The Labute approximate surface area is 158 Å². The van der Waals surface area contributed by atoms with Crippen molar-refractivity contribution in [1.29, 1.82) is 0 Å². The van der Waals surface area contributed by atoms with E-state index in [-0.39, 0.29) is 6.61 Å². The van der Waals surface area contributed by atoms with Crippen molar-refractivity contribution in [2.75, 3.05) is 31.6 Å². The number of aliphatic hydroxyl groups excluding tert-OH is 1. The fourth-order valence-corrected chi connectivity index (χ4v) is 3.37. The van der Waals surface area contributed by atoms with Gasteiger partial charge in [0, 0.05) is 31.4 Å². The summed E-state index contributed by atoms with van der Waals surface area (Å²) < 4.78 is 5.48. The molecule has 0 amide bonds. The topological polar surface area (TPSA) is 44.7 Å². The molecule has 2 aromatic rings. The molecule has 1 aliphatic heterocycles. The van der Waals surface area contributed by atoms with Gasteiger partial charge >= 0.3 is 0 Å². The maximum Gasteiger partial charge on any atom is 0.119 e. The SMILES string of the molecule is OCCOc1cccc(CN2CC[C@@H](Nc3ccc(Cl)c(Cl)c3)C2)c1. The van der Waals surface area contributed by atoms with Crippen LogP contribution < -0.4 is 10.1 Å². The predicted molar refractivity (Wildman–Crippen MR) is 103 cm³/mol. The monoisotopic (exact) mass is 380 g/mol. The minimum atomic E-state index is 0.0262. The molecule has 0 bridgehead atoms. The summed E-state index contributed by atoms with van der Waals surface area (Å²) in [6.07, 6.45) is 1.08. The van der Waals surface area contributed by atoms with E-state index in [0.717, 1.165) is 37.5 Å². The molecule has 1 aliphatic rings. The Morgan fingerprint density at radius 2 is 2.04 bits per heavy atom. The van der Waals surface area contributed by atoms with Crippen molar-refractivity contribution in [2.45, 2.75) is 19.0 Å². The Balaban J connectivity index is 1.53. The Morgan fingerprint density at radius 3 is 2.84 bits per heavy atom. The summed E-state index contributed by atoms with van der Waals surface area (Å²) in [5.41, 5.74) is 2.21. The number of ether oxygens (including phenoxy) is 1. The number of rotatable bonds is 7. The third-order valence-corrected chi connectivity index (χ3v) is 4.97. The van der Waals surface area contributed by atoms with Gasteiger partial charge in [-0.3, -0.25) is 4.90 Å². The molecule has 1 heterocycles. The van der Waals surface area contributed by atoms with E-state index in [1.165, 1.54) is 5.56 Å². The number of nitrogens with zero attached hydrogens (tertiary/aromatic N) is 1. The Kier molecular flexibility index (Phi) is 6.43. The fourth-order valence-electron chi connectivity index (χ4n) is 3.07. The van der Waals surface area contributed by atoms with Crippen LogP contribution in [0.15, 0.2) is 42.5 Å². The van der Waals surface area contributed by atoms with E-state index >= 15 is 0 Å². The number of likely N-dealkylation sites (tertiary alicyclic amines) is 1. The van der Waals surface area contributed by atoms with Gasteiger partial charge in [-0.25, -0.2) is 0 Å². The molecule has 25 heavy (non-hydrogen) atoms. The number of aliphatic hydroxyl groups is 1. The molecule has 1 saturated heterocycles. The quantitative estimate of drug-likeness (QED) is 0.760. The highest BCUT2D eigenvalue weighted by molar-refractivity contribution is 6.42. The van der Waals surface area contributed by atoms with Crippen LogP contribution in [0.2, 0.25) is 10.0 Å². The van der Waals surface area contributed by atoms with Crippen LogP contribution in [0.3, 0.4) is 0 Å². The van der Waals surface area contributed by atoms with Crippen molar-refractivity contribution in [3.8, 4) is 5.75 Å². The molecule has 0 aromatic heterocycles. The van der Waals surface area contributed by atoms with Crippen molar-refractivity contribution in [1.82, 2.24) is 4.90 Å². The minimum Gasteiger partial charge on any atom is -0.491 e. The van der Waals surface area contributed by atoms with E-state index in [9.17, 15) is 0 Å². The summed E-state index contributed by atoms with van der Waals surface area (Å²) in [5, 5.41) is 13.5. The van der Waals surface area contributed by atoms with E-state index in [4.69, 9.17) is 33.0 Å². The minimum absolute atomic E-state index is 0.0262. The standard InChI is InChI=1S/C19H22Cl2N2O2/c20-18-5-4-15(11-19(18)21)22-16-6-7-23(13-16)12-14-2-1-3-17(10-14)25-9-8-24/h1-5,10-11,16,22,24H,6-9,12-13H2/t16-/m1/s1. The van der Waals surface area contributed by atoms with Crippen LogP contribution in [0.1, 0.15) is 12.0 Å². The summed E-state index contributed by atoms with van der Waals surface area (Å²) >= 11 is 12.0. The first kappa shape index (κ1) is 18.3. The first-order chi connectivity index (χ1) is 12.1. The van der Waals surface area contributed by atoms with E-state index in [1.54, 1.807) is 0 Å². The molecule has 0 spiro atoms. The van der Waals surface area contributed by atoms with Crippen LogP contribution in [-0.2, 0) is 6.54 Å². The van der Waals surface area contributed by atoms with Crippen molar-refractivity contribution < 1.29 is 9.84 Å². The summed E-state index contributed by atoms with van der Waals surface area (Å²) in [4.78, 5) is 2.42. The Hall–Kier alpha value is -1.46. The molecule has 1 fully saturated rings. The summed E-state index contributed by atoms with van der Waals surface area (Å²) in [7, 11) is 0. The Morgan fingerprint density at radius 1 is 1.16 bits per heavy atom. The first-order valence-corrected chi connectivity index (χ1v) is 9.16. The lowest BCUT2D eigenvalue weighted by atomic mass is 10.2. The highest BCUT2D eigenvalue weighted by atomic mass is 35.5. The second kappa shape index (κ2) is 8.77. The van der Waals surface area contributed by atoms with Crippen LogP contribution in [0.25, 0.3) is 0 Å². The van der Waals surface area contributed by atoms with Crippen LogP contribution in [0.4, 0.5) is 5.69 Å². The maximum atomic E-state index is 8.85. The number of anilines is 1. The molecule has 2 aromatic carbocycles. The van der Waals surface area contributed by atoms with Gasteiger partial charge in [-0.05, 0) is 42.3 Å². The van der Waals surface area contributed by atoms with Crippen LogP contribution in [0, 0.1) is 0 Å². The summed E-state index contributed by atoms with van der Waals surface area (Å²) in [6, 6.07) is 14.1. The third-order valence-electron chi connectivity index (χ3n) is 4.23. The number of nitrogens with one attached hydrogen (secondary N) is 1. The average molecular weight is 381 g/mol. The molecule has 0 radical (unpaired) electrons. The number of benzene rings is 2. The van der Waals surface area contributed by atoms with Gasteiger partial charge in [0.05, 0.1) is 16.7 Å². The highest BCUT2D eigenvalue weighted by Crippen LogP contribution is 2.26. The summed E-state index contributed by atoms with van der Waals surface area (Å²) in [5.74, 6) is 0.802. The molecule has 0 saturated carbocycles. The van der Waals surface area contributed by atoms with Gasteiger partial charge in [0.1, 0.15) is 12.4 Å². The molecule has 3 rings (SSSR count). The third kappa shape index (κ3) is 5.25. The van der Waals surface area contributed by atoms with Crippen molar-refractivity contribution >= 4 is 28.9 Å². The lowest BCUT2D eigenvalue weighted by molar-refractivity contribution is 0.201. The van der Waals surface area contributed by atoms with Crippen molar-refractivity contribution in [2.24, 2.45) is 0 Å². The smallest absolute Gasteiger partial charge is 0.119 e. The maximum absolute atomic E-state index is 8.85. The number of halogens is 2. The van der Waals surface area contributed by atoms with Gasteiger partial charge in [-0.1, -0.05) is 35.3 Å². The second-order valence-corrected chi connectivity index (χ2v) is 7.03. The van der Waals surface area contributed by atoms with Gasteiger partial charge in [0.25, 0.3) is 0 Å². The van der Waals surface area contributed by atoms with E-state index in [2.05, 4.69) is 16.3 Å². The predicted octanol–water partition coefficient (Wildman–Crippen LogP) is 4.05. The molecular weight excluding hydrogens is 359 g/mol. The zero-order valence-electron chi connectivity index (χ0n) is 13.9. The van der Waals surface area contributed by atoms with Crippen LogP contribution >= 0.6 is 23.2 Å². The molecule has 4 nitrogen and oxygen atoms in total. The first-order valence-electron chi connectivity index (χ1n) is 8.40. The van der Waals surface area contributed by atoms with E-state index in [0.29, 0.717) is 22.7 Å². The lowest BCUT2D eigenvalue weighted by Gasteiger charge is -2.18. The van der Waals surface area contributed by atoms with E-state index in [1.807, 2.05) is 36.4 Å². The molecule has 6 heteroatoms. The normalized spacial score (nSPS) is 17.6. The molecule has 134 valence electrons. The zero-order chi connectivity index (χ0) is 17.6. The fraction of sp³-hybridized carbons (Fsp3) is 0.368. The van der Waals surface area contributed by atoms with E-state index < -0.39 is 0 Å². The molecule has 0 aliphatic carbocycles. The van der Waals surface area contributed by atoms with Crippen molar-refractivity contribution in [3.63, 3.8) is 0 Å². The largest absolute Gasteiger partial charge is 0.491 e. The number of hydrogen-bond acceptors (Lipinski definition) is 4. The highest BCUT2D eigenvalue weighted by Gasteiger charge is 2.22. The van der Waals surface area contributed by atoms with Gasteiger partial charge in [-0.2, -0.15) is 0 Å². The van der Waals surface area contributed by atoms with Crippen LogP contribution in [-0.4, -0.2) is 42.4 Å². The van der Waals surface area contributed by atoms with Crippen molar-refractivity contribution in [3.05, 3.63) is 58.1 Å². The average Bonchev–Trinajstić information content (AvgIpc) is 3.03. The molecular formula is C19H22Cl2N2O2. The second-order valence-electron chi connectivity index (χ2n) is 6.21. The summed E-state index contributed by atoms with van der Waals surface area (Å²) in [6.45, 7) is 3.25. The lowest BCUT2D eigenvalue weighted by Crippen LogP contribution is -2.26. The van der Waals surface area contributed by atoms with Gasteiger partial charge in [-0.15, -0.1) is 0 Å². The van der Waals surface area contributed by atoms with Gasteiger partial charge < -0.3 is 15.2 Å². The zero-order valence-corrected chi connectivity index (χ0v) is 15.4.